The molecule has 0 saturated carbocycles. The van der Waals surface area contributed by atoms with Gasteiger partial charge >= 0.3 is 0 Å². The molecule has 1 aliphatic heterocycles. The van der Waals surface area contributed by atoms with Crippen molar-refractivity contribution < 1.29 is 22.3 Å². The second-order valence-electron chi connectivity index (χ2n) is 5.71. The molecule has 136 valence electrons. The first-order chi connectivity index (χ1) is 12.1. The van der Waals surface area contributed by atoms with Crippen LogP contribution in [-0.4, -0.2) is 53.3 Å². The van der Waals surface area contributed by atoms with Crippen LogP contribution in [0.5, 0.6) is 5.75 Å². The van der Waals surface area contributed by atoms with Crippen LogP contribution in [0.25, 0.3) is 0 Å². The fraction of sp³-hybridized carbons (Fsp3) is 0.412. The lowest BCUT2D eigenvalue weighted by Gasteiger charge is -2.33. The van der Waals surface area contributed by atoms with Crippen LogP contribution in [0.3, 0.4) is 0 Å². The average Bonchev–Trinajstić information content (AvgIpc) is 3.17. The van der Waals surface area contributed by atoms with Gasteiger partial charge in [-0.1, -0.05) is 6.07 Å². The van der Waals surface area contributed by atoms with E-state index >= 15 is 0 Å². The van der Waals surface area contributed by atoms with E-state index in [9.17, 15) is 8.42 Å². The molecule has 0 spiro atoms. The lowest BCUT2D eigenvalue weighted by Crippen LogP contribution is -2.43. The van der Waals surface area contributed by atoms with E-state index in [0.29, 0.717) is 19.0 Å². The molecular weight excluding hydrogens is 344 g/mol. The van der Waals surface area contributed by atoms with Crippen LogP contribution in [0.2, 0.25) is 0 Å². The van der Waals surface area contributed by atoms with E-state index in [1.807, 2.05) is 6.07 Å². The van der Waals surface area contributed by atoms with Crippen LogP contribution in [-0.2, 0) is 14.8 Å². The fourth-order valence-electron chi connectivity index (χ4n) is 2.82. The number of nitrogens with one attached hydrogen (secondary N) is 1. The number of furan rings is 1. The Balaban J connectivity index is 1.75. The third-order valence-corrected chi connectivity index (χ3v) is 5.60. The van der Waals surface area contributed by atoms with Gasteiger partial charge in [-0.25, -0.2) is 13.1 Å². The molecule has 1 saturated heterocycles. The topological polar surface area (TPSA) is 81.0 Å². The van der Waals surface area contributed by atoms with E-state index in [-0.39, 0.29) is 17.5 Å². The summed E-state index contributed by atoms with van der Waals surface area (Å²) < 4.78 is 43.9. The zero-order valence-electron chi connectivity index (χ0n) is 14.1. The molecule has 1 atom stereocenters. The van der Waals surface area contributed by atoms with Crippen molar-refractivity contribution in [3.8, 4) is 5.75 Å². The summed E-state index contributed by atoms with van der Waals surface area (Å²) in [5.41, 5.74) is 0. The molecule has 0 radical (unpaired) electrons. The van der Waals surface area contributed by atoms with Gasteiger partial charge in [-0.05, 0) is 24.3 Å². The molecule has 7 nitrogen and oxygen atoms in total. The number of sulfonamides is 1. The summed E-state index contributed by atoms with van der Waals surface area (Å²) in [6.07, 6.45) is 1.60. The van der Waals surface area contributed by atoms with Gasteiger partial charge in [0.05, 0.1) is 37.5 Å². The van der Waals surface area contributed by atoms with Crippen LogP contribution in [0.1, 0.15) is 11.8 Å². The van der Waals surface area contributed by atoms with Crippen LogP contribution in [0.15, 0.2) is 52.0 Å². The molecule has 0 amide bonds. The van der Waals surface area contributed by atoms with Crippen molar-refractivity contribution >= 4 is 10.0 Å². The maximum absolute atomic E-state index is 12.6. The lowest BCUT2D eigenvalue weighted by atomic mass is 10.2. The van der Waals surface area contributed by atoms with Gasteiger partial charge in [0.25, 0.3) is 0 Å². The molecule has 1 aliphatic rings. The molecule has 1 aromatic carbocycles. The Morgan fingerprint density at radius 2 is 2.04 bits per heavy atom. The number of hydrogen-bond donors (Lipinski definition) is 1. The molecule has 2 heterocycles. The van der Waals surface area contributed by atoms with Crippen molar-refractivity contribution in [3.63, 3.8) is 0 Å². The van der Waals surface area contributed by atoms with Gasteiger partial charge in [0.15, 0.2) is 0 Å². The molecule has 1 aromatic heterocycles. The highest BCUT2D eigenvalue weighted by atomic mass is 32.2. The minimum atomic E-state index is -3.65. The molecule has 1 unspecified atom stereocenters. The molecule has 2 aromatic rings. The molecule has 1 N–H and O–H groups in total. The van der Waals surface area contributed by atoms with Gasteiger partial charge in [-0.2, -0.15) is 0 Å². The average molecular weight is 366 g/mol. The first-order valence-corrected chi connectivity index (χ1v) is 9.57. The van der Waals surface area contributed by atoms with Gasteiger partial charge in [0, 0.05) is 25.7 Å². The molecule has 1 fully saturated rings. The zero-order chi connectivity index (χ0) is 17.7. The minimum absolute atomic E-state index is 0.173. The molecule has 0 aliphatic carbocycles. The smallest absolute Gasteiger partial charge is 0.240 e. The Hall–Kier alpha value is -1.87. The Morgan fingerprint density at radius 1 is 1.24 bits per heavy atom. The van der Waals surface area contributed by atoms with Crippen LogP contribution < -0.4 is 9.46 Å². The van der Waals surface area contributed by atoms with E-state index < -0.39 is 10.0 Å². The van der Waals surface area contributed by atoms with Crippen LogP contribution in [0, 0.1) is 0 Å². The van der Waals surface area contributed by atoms with Crippen LogP contribution >= 0.6 is 0 Å². The highest BCUT2D eigenvalue weighted by Gasteiger charge is 2.27. The van der Waals surface area contributed by atoms with Gasteiger partial charge in [0.1, 0.15) is 11.5 Å². The second kappa shape index (κ2) is 8.01. The Morgan fingerprint density at radius 3 is 2.72 bits per heavy atom. The van der Waals surface area contributed by atoms with Crippen molar-refractivity contribution in [1.29, 1.82) is 0 Å². The summed E-state index contributed by atoms with van der Waals surface area (Å²) in [6, 6.07) is 9.89. The number of hydrogen-bond acceptors (Lipinski definition) is 6. The summed E-state index contributed by atoms with van der Waals surface area (Å²) in [4.78, 5) is 2.34. The number of ether oxygens (including phenoxy) is 2. The van der Waals surface area contributed by atoms with E-state index in [4.69, 9.17) is 13.9 Å². The fourth-order valence-corrected chi connectivity index (χ4v) is 3.89. The normalized spacial score (nSPS) is 17.3. The Bertz CT molecular complexity index is 770. The predicted molar refractivity (Wildman–Crippen MR) is 92.0 cm³/mol. The van der Waals surface area contributed by atoms with Crippen molar-refractivity contribution in [2.75, 3.05) is 40.0 Å². The largest absolute Gasteiger partial charge is 0.497 e. The maximum atomic E-state index is 12.6. The van der Waals surface area contributed by atoms with Gasteiger partial charge in [0.2, 0.25) is 10.0 Å². The van der Waals surface area contributed by atoms with Crippen molar-refractivity contribution in [2.24, 2.45) is 0 Å². The first kappa shape index (κ1) is 17.9. The summed E-state index contributed by atoms with van der Waals surface area (Å²) in [7, 11) is -2.14. The monoisotopic (exact) mass is 366 g/mol. The van der Waals surface area contributed by atoms with E-state index in [2.05, 4.69) is 9.62 Å². The van der Waals surface area contributed by atoms with Crippen molar-refractivity contribution in [2.45, 2.75) is 10.9 Å². The number of morpholine rings is 1. The van der Waals surface area contributed by atoms with Crippen molar-refractivity contribution in [1.82, 2.24) is 9.62 Å². The SMILES string of the molecule is COc1cccc(S(=O)(=O)NCC(c2ccco2)N2CCOCC2)c1. The summed E-state index contributed by atoms with van der Waals surface area (Å²) in [6.45, 7) is 2.92. The Kier molecular flexibility index (Phi) is 5.74. The summed E-state index contributed by atoms with van der Waals surface area (Å²) >= 11 is 0. The third-order valence-electron chi connectivity index (χ3n) is 4.18. The predicted octanol–water partition coefficient (Wildman–Crippen LogP) is 1.64. The number of benzene rings is 1. The Labute approximate surface area is 147 Å². The highest BCUT2D eigenvalue weighted by Crippen LogP contribution is 2.23. The number of nitrogens with zero attached hydrogens (tertiary/aromatic N) is 1. The van der Waals surface area contributed by atoms with Gasteiger partial charge in [-0.15, -0.1) is 0 Å². The molecule has 3 rings (SSSR count). The minimum Gasteiger partial charge on any atom is -0.497 e. The number of methoxy groups -OCH3 is 1. The molecular formula is C17H22N2O5S. The molecule has 8 heteroatoms. The van der Waals surface area contributed by atoms with Gasteiger partial charge < -0.3 is 13.9 Å². The van der Waals surface area contributed by atoms with Crippen LogP contribution in [0.4, 0.5) is 0 Å². The lowest BCUT2D eigenvalue weighted by molar-refractivity contribution is 0.0128. The van der Waals surface area contributed by atoms with Crippen molar-refractivity contribution in [3.05, 3.63) is 48.4 Å². The van der Waals surface area contributed by atoms with E-state index in [1.54, 1.807) is 30.5 Å². The maximum Gasteiger partial charge on any atom is 0.240 e. The second-order valence-corrected chi connectivity index (χ2v) is 7.48. The molecule has 25 heavy (non-hydrogen) atoms. The first-order valence-electron chi connectivity index (χ1n) is 8.09. The quantitative estimate of drug-likeness (QED) is 0.802. The molecule has 0 bridgehead atoms. The highest BCUT2D eigenvalue weighted by molar-refractivity contribution is 7.89. The van der Waals surface area contributed by atoms with E-state index in [0.717, 1.165) is 18.8 Å². The van der Waals surface area contributed by atoms with E-state index in [1.165, 1.54) is 13.2 Å². The third kappa shape index (κ3) is 4.40. The summed E-state index contributed by atoms with van der Waals surface area (Å²) in [5.74, 6) is 1.23. The standard InChI is InChI=1S/C17H22N2O5S/c1-22-14-4-2-5-15(12-14)25(20,21)18-13-16(17-6-3-9-24-17)19-7-10-23-11-8-19/h2-6,9,12,16,18H,7-8,10-11,13H2,1H3. The zero-order valence-corrected chi connectivity index (χ0v) is 14.9. The summed E-state index contributed by atoms with van der Waals surface area (Å²) in [5, 5.41) is 0. The van der Waals surface area contributed by atoms with Gasteiger partial charge in [-0.3, -0.25) is 4.90 Å². The number of rotatable bonds is 7.